The maximum absolute atomic E-state index is 12.6. The van der Waals surface area contributed by atoms with E-state index in [1.165, 1.54) is 5.69 Å². The topological polar surface area (TPSA) is 101 Å². The van der Waals surface area contributed by atoms with Gasteiger partial charge in [0, 0.05) is 30.1 Å². The number of carbonyl (C=O) groups excluding carboxylic acids is 1. The molecule has 0 aliphatic heterocycles. The van der Waals surface area contributed by atoms with E-state index in [2.05, 4.69) is 25.6 Å². The molecule has 1 unspecified atom stereocenters. The molecule has 27 heavy (non-hydrogen) atoms. The number of rotatable bonds is 3. The van der Waals surface area contributed by atoms with Gasteiger partial charge in [-0.25, -0.2) is 9.50 Å². The van der Waals surface area contributed by atoms with Crippen molar-refractivity contribution in [2.45, 2.75) is 32.2 Å². The summed E-state index contributed by atoms with van der Waals surface area (Å²) < 4.78 is 7.24. The number of amides is 1. The minimum absolute atomic E-state index is 0.0460. The number of nitrogens with one attached hydrogen (secondary N) is 2. The van der Waals surface area contributed by atoms with Gasteiger partial charge in [0.05, 0.1) is 12.0 Å². The van der Waals surface area contributed by atoms with Gasteiger partial charge < -0.3 is 9.73 Å². The Morgan fingerprint density at radius 2 is 2.33 bits per heavy atom. The first kappa shape index (κ1) is 15.8. The molecule has 4 aromatic heterocycles. The molecule has 4 aromatic rings. The van der Waals surface area contributed by atoms with E-state index in [4.69, 9.17) is 4.42 Å². The summed E-state index contributed by atoms with van der Waals surface area (Å²) in [5.41, 5.74) is 5.16. The Bertz CT molecular complexity index is 1120. The Labute approximate surface area is 154 Å². The van der Waals surface area contributed by atoms with Crippen LogP contribution in [0.3, 0.4) is 0 Å². The van der Waals surface area contributed by atoms with E-state index in [9.17, 15) is 4.79 Å². The van der Waals surface area contributed by atoms with Crippen LogP contribution in [0.5, 0.6) is 0 Å². The zero-order valence-electron chi connectivity index (χ0n) is 14.8. The number of aromatic nitrogens is 5. The molecule has 0 radical (unpaired) electrons. The zero-order chi connectivity index (χ0) is 18.4. The van der Waals surface area contributed by atoms with E-state index in [1.54, 1.807) is 18.4 Å². The second-order valence-corrected chi connectivity index (χ2v) is 6.84. The van der Waals surface area contributed by atoms with Gasteiger partial charge in [0.2, 0.25) is 0 Å². The van der Waals surface area contributed by atoms with Gasteiger partial charge in [-0.15, -0.1) is 0 Å². The third-order valence-corrected chi connectivity index (χ3v) is 4.92. The Hall–Kier alpha value is -3.42. The van der Waals surface area contributed by atoms with Gasteiger partial charge in [-0.3, -0.25) is 9.89 Å². The standard InChI is InChI=1S/C19H18N6O2/c1-11-7-18-20-10-12-8-13(4-5-16(12)25(18)24-11)21-19(26)15-9-14(22-23-15)17-3-2-6-27-17/h2-3,6-7,9-10,13H,4-5,8H2,1H3,(H,21,26)(H,22,23). The maximum atomic E-state index is 12.6. The van der Waals surface area contributed by atoms with Gasteiger partial charge in [0.25, 0.3) is 5.91 Å². The van der Waals surface area contributed by atoms with Crippen molar-refractivity contribution in [1.29, 1.82) is 0 Å². The van der Waals surface area contributed by atoms with Gasteiger partial charge in [0.15, 0.2) is 17.1 Å². The summed E-state index contributed by atoms with van der Waals surface area (Å²) >= 11 is 0. The molecule has 0 saturated heterocycles. The molecule has 8 nitrogen and oxygen atoms in total. The van der Waals surface area contributed by atoms with Crippen LogP contribution in [0.1, 0.15) is 33.9 Å². The van der Waals surface area contributed by atoms with E-state index in [0.29, 0.717) is 17.1 Å². The van der Waals surface area contributed by atoms with Crippen LogP contribution in [0.15, 0.2) is 41.1 Å². The number of hydrogen-bond donors (Lipinski definition) is 2. The van der Waals surface area contributed by atoms with Crippen LogP contribution < -0.4 is 5.32 Å². The molecular formula is C19H18N6O2. The van der Waals surface area contributed by atoms with Crippen LogP contribution in [0.2, 0.25) is 0 Å². The lowest BCUT2D eigenvalue weighted by Gasteiger charge is -2.25. The lowest BCUT2D eigenvalue weighted by Crippen LogP contribution is -2.39. The molecule has 2 N–H and O–H groups in total. The van der Waals surface area contributed by atoms with Crippen LogP contribution in [0, 0.1) is 6.92 Å². The molecule has 0 fully saturated rings. The molecule has 8 heteroatoms. The lowest BCUT2D eigenvalue weighted by atomic mass is 9.92. The minimum atomic E-state index is -0.193. The largest absolute Gasteiger partial charge is 0.463 e. The first-order valence-corrected chi connectivity index (χ1v) is 8.90. The molecule has 0 bridgehead atoms. The fourth-order valence-electron chi connectivity index (χ4n) is 3.63. The van der Waals surface area contributed by atoms with E-state index in [0.717, 1.165) is 36.2 Å². The van der Waals surface area contributed by atoms with Crippen LogP contribution in [-0.4, -0.2) is 36.7 Å². The van der Waals surface area contributed by atoms with Crippen molar-refractivity contribution in [2.75, 3.05) is 0 Å². The molecule has 5 rings (SSSR count). The number of aromatic amines is 1. The monoisotopic (exact) mass is 362 g/mol. The van der Waals surface area contributed by atoms with Crippen LogP contribution in [-0.2, 0) is 12.8 Å². The normalized spacial score (nSPS) is 16.4. The number of hydrogen-bond acceptors (Lipinski definition) is 5. The van der Waals surface area contributed by atoms with Crippen molar-refractivity contribution in [3.05, 3.63) is 59.4 Å². The summed E-state index contributed by atoms with van der Waals surface area (Å²) in [7, 11) is 0. The number of nitrogens with zero attached hydrogens (tertiary/aromatic N) is 4. The quantitative estimate of drug-likeness (QED) is 0.582. The summed E-state index contributed by atoms with van der Waals surface area (Å²) in [4.78, 5) is 17.0. The molecule has 1 atom stereocenters. The van der Waals surface area contributed by atoms with E-state index < -0.39 is 0 Å². The Balaban J connectivity index is 1.32. The number of aryl methyl sites for hydroxylation is 2. The number of furan rings is 1. The second kappa shape index (κ2) is 6.08. The second-order valence-electron chi connectivity index (χ2n) is 6.84. The number of carbonyl (C=O) groups is 1. The Morgan fingerprint density at radius 1 is 1.41 bits per heavy atom. The van der Waals surface area contributed by atoms with Gasteiger partial charge in [-0.1, -0.05) is 0 Å². The fourth-order valence-corrected chi connectivity index (χ4v) is 3.63. The van der Waals surface area contributed by atoms with Crippen molar-refractivity contribution in [3.8, 4) is 11.5 Å². The van der Waals surface area contributed by atoms with Crippen molar-refractivity contribution in [3.63, 3.8) is 0 Å². The highest BCUT2D eigenvalue weighted by molar-refractivity contribution is 5.93. The molecule has 136 valence electrons. The van der Waals surface area contributed by atoms with Crippen molar-refractivity contribution < 1.29 is 9.21 Å². The van der Waals surface area contributed by atoms with Gasteiger partial charge in [-0.05, 0) is 43.9 Å². The van der Waals surface area contributed by atoms with Crippen molar-refractivity contribution >= 4 is 11.6 Å². The van der Waals surface area contributed by atoms with Crippen molar-refractivity contribution in [1.82, 2.24) is 30.1 Å². The first-order chi connectivity index (χ1) is 13.2. The Morgan fingerprint density at radius 3 is 3.19 bits per heavy atom. The Kier molecular flexibility index (Phi) is 3.56. The third-order valence-electron chi connectivity index (χ3n) is 4.92. The summed E-state index contributed by atoms with van der Waals surface area (Å²) in [5, 5.41) is 14.5. The average molecular weight is 362 g/mol. The summed E-state index contributed by atoms with van der Waals surface area (Å²) in [6.45, 7) is 1.97. The third kappa shape index (κ3) is 2.79. The van der Waals surface area contributed by atoms with Crippen molar-refractivity contribution in [2.24, 2.45) is 0 Å². The summed E-state index contributed by atoms with van der Waals surface area (Å²) in [6.07, 6.45) is 5.92. The summed E-state index contributed by atoms with van der Waals surface area (Å²) in [6, 6.07) is 7.33. The first-order valence-electron chi connectivity index (χ1n) is 8.90. The average Bonchev–Trinajstić information content (AvgIpc) is 3.40. The van der Waals surface area contributed by atoms with E-state index in [-0.39, 0.29) is 11.9 Å². The lowest BCUT2D eigenvalue weighted by molar-refractivity contribution is 0.0928. The van der Waals surface area contributed by atoms with Crippen LogP contribution in [0.4, 0.5) is 0 Å². The predicted octanol–water partition coefficient (Wildman–Crippen LogP) is 2.31. The van der Waals surface area contributed by atoms with Gasteiger partial charge in [-0.2, -0.15) is 10.2 Å². The molecular weight excluding hydrogens is 344 g/mol. The highest BCUT2D eigenvalue weighted by atomic mass is 16.3. The number of fused-ring (bicyclic) bond motifs is 3. The smallest absolute Gasteiger partial charge is 0.272 e. The SMILES string of the molecule is Cc1cc2ncc3c(n2n1)CCC(NC(=O)c1cc(-c2ccco2)[nH]n1)C3. The van der Waals surface area contributed by atoms with Crippen LogP contribution >= 0.6 is 0 Å². The molecule has 0 aromatic carbocycles. The maximum Gasteiger partial charge on any atom is 0.272 e. The summed E-state index contributed by atoms with van der Waals surface area (Å²) in [5.74, 6) is 0.458. The van der Waals surface area contributed by atoms with Crippen LogP contribution in [0.25, 0.3) is 17.1 Å². The zero-order valence-corrected chi connectivity index (χ0v) is 14.8. The molecule has 1 aliphatic carbocycles. The molecule has 0 spiro atoms. The highest BCUT2D eigenvalue weighted by Gasteiger charge is 2.24. The van der Waals surface area contributed by atoms with Gasteiger partial charge in [0.1, 0.15) is 5.69 Å². The molecule has 1 aliphatic rings. The van der Waals surface area contributed by atoms with E-state index in [1.807, 2.05) is 29.8 Å². The molecule has 0 saturated carbocycles. The predicted molar refractivity (Wildman–Crippen MR) is 97.3 cm³/mol. The number of H-pyrrole nitrogens is 1. The minimum Gasteiger partial charge on any atom is -0.463 e. The molecule has 4 heterocycles. The van der Waals surface area contributed by atoms with E-state index >= 15 is 0 Å². The van der Waals surface area contributed by atoms with Gasteiger partial charge >= 0.3 is 0 Å². The molecule has 1 amide bonds. The highest BCUT2D eigenvalue weighted by Crippen LogP contribution is 2.23. The fraction of sp³-hybridized carbons (Fsp3) is 0.263.